The van der Waals surface area contributed by atoms with E-state index in [4.69, 9.17) is 9.47 Å². The number of rotatable bonds is 10. The van der Waals surface area contributed by atoms with Crippen LogP contribution in [-0.2, 0) is 40.9 Å². The number of carbonyl (C=O) groups is 2. The van der Waals surface area contributed by atoms with E-state index >= 15 is 0 Å². The highest BCUT2D eigenvalue weighted by molar-refractivity contribution is 7.91. The number of nitrogens with zero attached hydrogens (tertiary/aromatic N) is 1. The predicted octanol–water partition coefficient (Wildman–Crippen LogP) is 3.85. The summed E-state index contributed by atoms with van der Waals surface area (Å²) < 4.78 is 71.2. The molecule has 1 N–H and O–H groups in total. The zero-order chi connectivity index (χ0) is 29.6. The molecule has 0 saturated heterocycles. The Labute approximate surface area is 233 Å². The van der Waals surface area contributed by atoms with Crippen LogP contribution in [0.5, 0.6) is 5.75 Å². The molecule has 13 heteroatoms. The van der Waals surface area contributed by atoms with Crippen LogP contribution in [0, 0.1) is 0 Å². The van der Waals surface area contributed by atoms with Crippen molar-refractivity contribution >= 4 is 37.8 Å². The molecular formula is C27H30N2O9S2. The maximum absolute atomic E-state index is 13.3. The second-order valence-electron chi connectivity index (χ2n) is 9.41. The van der Waals surface area contributed by atoms with E-state index in [0.717, 1.165) is 13.2 Å². The van der Waals surface area contributed by atoms with E-state index in [-0.39, 0.29) is 27.8 Å². The minimum absolute atomic E-state index is 0.0161. The van der Waals surface area contributed by atoms with Crippen LogP contribution in [0.1, 0.15) is 26.3 Å². The molecule has 1 amide bonds. The summed E-state index contributed by atoms with van der Waals surface area (Å²) in [4.78, 5) is 24.4. The van der Waals surface area contributed by atoms with E-state index < -0.39 is 44.3 Å². The maximum Gasteiger partial charge on any atom is 0.422 e. The highest BCUT2D eigenvalue weighted by Crippen LogP contribution is 2.35. The summed E-state index contributed by atoms with van der Waals surface area (Å²) in [6.07, 6.45) is -1.28. The Bertz CT molecular complexity index is 1550. The Balaban J connectivity index is 2.12. The number of benzene rings is 3. The van der Waals surface area contributed by atoms with E-state index in [1.54, 1.807) is 74.0 Å². The Kier molecular flexibility index (Phi) is 9.43. The van der Waals surface area contributed by atoms with Gasteiger partial charge in [0, 0.05) is 6.07 Å². The number of hydrogen-bond acceptors (Lipinski definition) is 9. The number of amides is 1. The maximum atomic E-state index is 13.3. The Hall–Kier alpha value is -4.10. The van der Waals surface area contributed by atoms with Gasteiger partial charge in [-0.2, -0.15) is 8.42 Å². The van der Waals surface area contributed by atoms with E-state index in [2.05, 4.69) is 4.74 Å². The van der Waals surface area contributed by atoms with E-state index in [1.807, 2.05) is 0 Å². The van der Waals surface area contributed by atoms with Crippen molar-refractivity contribution in [3.63, 3.8) is 0 Å². The zero-order valence-corrected chi connectivity index (χ0v) is 24.0. The molecule has 11 nitrogen and oxygen atoms in total. The smallest absolute Gasteiger partial charge is 0.422 e. The minimum Gasteiger partial charge on any atom is -0.487 e. The van der Waals surface area contributed by atoms with Gasteiger partial charge >= 0.3 is 22.3 Å². The van der Waals surface area contributed by atoms with Gasteiger partial charge in [-0.05, 0) is 50.6 Å². The van der Waals surface area contributed by atoms with Crippen LogP contribution in [0.3, 0.4) is 0 Å². The van der Waals surface area contributed by atoms with E-state index in [0.29, 0.717) is 9.87 Å². The first-order valence-corrected chi connectivity index (χ1v) is 14.9. The van der Waals surface area contributed by atoms with Crippen molar-refractivity contribution < 1.29 is 40.6 Å². The van der Waals surface area contributed by atoms with Gasteiger partial charge in [-0.15, -0.1) is 0 Å². The third kappa shape index (κ3) is 7.96. The summed E-state index contributed by atoms with van der Waals surface area (Å²) >= 11 is 0. The van der Waals surface area contributed by atoms with Gasteiger partial charge in [-0.25, -0.2) is 22.2 Å². The summed E-state index contributed by atoms with van der Waals surface area (Å²) in [5, 5.41) is 0. The summed E-state index contributed by atoms with van der Waals surface area (Å²) in [6.45, 7) is 3.72. The lowest BCUT2D eigenvalue weighted by Crippen LogP contribution is -2.47. The Morgan fingerprint density at radius 3 is 2.02 bits per heavy atom. The van der Waals surface area contributed by atoms with Crippen LogP contribution < -0.4 is 13.8 Å². The highest BCUT2D eigenvalue weighted by Gasteiger charge is 2.32. The second kappa shape index (κ2) is 12.4. The molecule has 3 rings (SSSR count). The number of hydrogen-bond donors (Lipinski definition) is 1. The van der Waals surface area contributed by atoms with Crippen molar-refractivity contribution in [2.24, 2.45) is 0 Å². The van der Waals surface area contributed by atoms with Gasteiger partial charge in [-0.3, -0.25) is 4.79 Å². The van der Waals surface area contributed by atoms with Gasteiger partial charge in [0.15, 0.2) is 0 Å². The SMILES string of the molecule is COC(=O)CN(c1ccc(S(=O)(=O)c2ccccc2)cc1OCc1ccccc1)S(=O)(=O)NC(=O)OC(C)(C)C. The van der Waals surface area contributed by atoms with Crippen LogP contribution in [0.4, 0.5) is 10.5 Å². The Morgan fingerprint density at radius 1 is 0.850 bits per heavy atom. The van der Waals surface area contributed by atoms with Gasteiger partial charge < -0.3 is 14.2 Å². The van der Waals surface area contributed by atoms with Crippen LogP contribution in [0.15, 0.2) is 88.7 Å². The molecule has 0 spiro atoms. The first kappa shape index (κ1) is 30.4. The molecular weight excluding hydrogens is 560 g/mol. The molecule has 0 saturated carbocycles. The lowest BCUT2D eigenvalue weighted by molar-refractivity contribution is -0.138. The van der Waals surface area contributed by atoms with Crippen molar-refractivity contribution in [1.82, 2.24) is 4.72 Å². The number of anilines is 1. The fourth-order valence-electron chi connectivity index (χ4n) is 3.40. The molecule has 3 aromatic rings. The topological polar surface area (TPSA) is 145 Å². The molecule has 40 heavy (non-hydrogen) atoms. The number of ether oxygens (including phenoxy) is 3. The van der Waals surface area contributed by atoms with Crippen molar-refractivity contribution in [2.75, 3.05) is 18.0 Å². The first-order chi connectivity index (χ1) is 18.7. The van der Waals surface area contributed by atoms with Gasteiger partial charge in [0.1, 0.15) is 24.5 Å². The third-order valence-corrected chi connectivity index (χ3v) is 8.30. The average Bonchev–Trinajstić information content (AvgIpc) is 2.90. The molecule has 0 heterocycles. The van der Waals surface area contributed by atoms with Crippen molar-refractivity contribution in [3.05, 3.63) is 84.4 Å². The molecule has 214 valence electrons. The molecule has 0 bridgehead atoms. The average molecular weight is 591 g/mol. The predicted molar refractivity (Wildman–Crippen MR) is 147 cm³/mol. The number of carbonyl (C=O) groups excluding carboxylic acids is 2. The fraction of sp³-hybridized carbons (Fsp3) is 0.259. The highest BCUT2D eigenvalue weighted by atomic mass is 32.2. The van der Waals surface area contributed by atoms with Gasteiger partial charge in [0.05, 0.1) is 22.6 Å². The monoisotopic (exact) mass is 590 g/mol. The van der Waals surface area contributed by atoms with Gasteiger partial charge in [0.2, 0.25) is 9.84 Å². The molecule has 0 aliphatic heterocycles. The lowest BCUT2D eigenvalue weighted by Gasteiger charge is -2.27. The lowest BCUT2D eigenvalue weighted by atomic mass is 10.2. The van der Waals surface area contributed by atoms with Crippen LogP contribution in [0.2, 0.25) is 0 Å². The largest absolute Gasteiger partial charge is 0.487 e. The molecule has 0 radical (unpaired) electrons. The first-order valence-electron chi connectivity index (χ1n) is 11.9. The van der Waals surface area contributed by atoms with Crippen LogP contribution in [-0.4, -0.2) is 48.2 Å². The van der Waals surface area contributed by atoms with Crippen molar-refractivity contribution in [3.8, 4) is 5.75 Å². The molecule has 0 aliphatic rings. The van der Waals surface area contributed by atoms with Gasteiger partial charge in [-0.1, -0.05) is 48.5 Å². The molecule has 0 atom stereocenters. The zero-order valence-electron chi connectivity index (χ0n) is 22.4. The number of esters is 1. The van der Waals surface area contributed by atoms with Gasteiger partial charge in [0.25, 0.3) is 0 Å². The van der Waals surface area contributed by atoms with Crippen LogP contribution in [0.25, 0.3) is 0 Å². The van der Waals surface area contributed by atoms with Crippen molar-refractivity contribution in [2.45, 2.75) is 42.8 Å². The number of methoxy groups -OCH3 is 1. The second-order valence-corrected chi connectivity index (χ2v) is 13.0. The number of sulfone groups is 1. The van der Waals surface area contributed by atoms with Crippen LogP contribution >= 0.6 is 0 Å². The van der Waals surface area contributed by atoms with E-state index in [9.17, 15) is 26.4 Å². The third-order valence-electron chi connectivity index (χ3n) is 5.20. The minimum atomic E-state index is -4.78. The quantitative estimate of drug-likeness (QED) is 0.348. The van der Waals surface area contributed by atoms with Crippen molar-refractivity contribution in [1.29, 1.82) is 0 Å². The standard InChI is InChI=1S/C27H30N2O9S2/c1-27(2,3)38-26(31)28-40(34,35)29(18-25(30)36-4)23-16-15-22(39(32,33)21-13-9-6-10-14-21)17-24(23)37-19-20-11-7-5-8-12-20/h5-17H,18-19H2,1-4H3,(H,28,31). The molecule has 0 fully saturated rings. The fourth-order valence-corrected chi connectivity index (χ4v) is 5.74. The molecule has 0 unspecified atom stereocenters. The van der Waals surface area contributed by atoms with E-state index in [1.165, 1.54) is 24.3 Å². The normalized spacial score (nSPS) is 11.8. The molecule has 3 aromatic carbocycles. The summed E-state index contributed by atoms with van der Waals surface area (Å²) in [5.41, 5.74) is -0.520. The summed E-state index contributed by atoms with van der Waals surface area (Å²) in [5.74, 6) is -1.14. The summed E-state index contributed by atoms with van der Waals surface area (Å²) in [7, 11) is -7.73. The number of nitrogens with one attached hydrogen (secondary N) is 1. The Morgan fingerprint density at radius 2 is 1.45 bits per heavy atom. The summed E-state index contributed by atoms with van der Waals surface area (Å²) in [6, 6.07) is 20.0. The molecule has 0 aliphatic carbocycles. The molecule has 0 aromatic heterocycles.